The summed E-state index contributed by atoms with van der Waals surface area (Å²) >= 11 is 0. The molecule has 0 bridgehead atoms. The van der Waals surface area contributed by atoms with Gasteiger partial charge >= 0.3 is 9.24 Å². The first-order valence-electron chi connectivity index (χ1n) is 3.51. The quantitative estimate of drug-likeness (QED) is 0.754. The van der Waals surface area contributed by atoms with E-state index in [1.165, 1.54) is 24.3 Å². The first kappa shape index (κ1) is 10.8. The molecule has 5 nitrogen and oxygen atoms in total. The van der Waals surface area contributed by atoms with Gasteiger partial charge in [-0.3, -0.25) is 9.52 Å². The van der Waals surface area contributed by atoms with E-state index in [-0.39, 0.29) is 5.69 Å². The molecule has 0 spiro atoms. The Labute approximate surface area is 85.4 Å². The van der Waals surface area contributed by atoms with Gasteiger partial charge in [0.1, 0.15) is 0 Å². The van der Waals surface area contributed by atoms with Gasteiger partial charge in [-0.25, -0.2) is 0 Å². The summed E-state index contributed by atoms with van der Waals surface area (Å²) in [6, 6.07) is 5.57. The topological polar surface area (TPSA) is 89.3 Å². The van der Waals surface area contributed by atoms with Crippen molar-refractivity contribution in [1.29, 1.82) is 0 Å². The Morgan fingerprint density at radius 1 is 1.29 bits per heavy atom. The fourth-order valence-electron chi connectivity index (χ4n) is 0.843. The van der Waals surface area contributed by atoms with Crippen LogP contribution >= 0.6 is 10.7 Å². The number of halogens is 1. The molecule has 0 aliphatic rings. The van der Waals surface area contributed by atoms with Crippen LogP contribution in [0.25, 0.3) is 0 Å². The first-order chi connectivity index (χ1) is 6.38. The number of hydrogen-bond donors (Lipinski definition) is 2. The number of rotatable bonds is 3. The molecular weight excluding hydrogens is 228 g/mol. The van der Waals surface area contributed by atoms with Crippen LogP contribution in [-0.4, -0.2) is 14.3 Å². The lowest BCUT2D eigenvalue weighted by molar-refractivity contribution is 0.100. The van der Waals surface area contributed by atoms with E-state index in [9.17, 15) is 13.2 Å². The molecule has 0 saturated carbocycles. The Kier molecular flexibility index (Phi) is 2.97. The molecule has 0 atom stereocenters. The molecule has 7 heteroatoms. The van der Waals surface area contributed by atoms with Crippen LogP contribution in [0.2, 0.25) is 0 Å². The van der Waals surface area contributed by atoms with E-state index < -0.39 is 15.1 Å². The molecule has 0 aliphatic carbocycles. The number of benzene rings is 1. The molecule has 1 aromatic carbocycles. The summed E-state index contributed by atoms with van der Waals surface area (Å²) in [5.41, 5.74) is 5.55. The van der Waals surface area contributed by atoms with E-state index in [1.807, 2.05) is 4.72 Å². The van der Waals surface area contributed by atoms with Crippen LogP contribution in [0.1, 0.15) is 10.4 Å². The fourth-order valence-corrected chi connectivity index (χ4v) is 1.53. The van der Waals surface area contributed by atoms with Gasteiger partial charge in [-0.2, -0.15) is 8.42 Å². The van der Waals surface area contributed by atoms with Crippen LogP contribution < -0.4 is 10.5 Å². The predicted octanol–water partition coefficient (Wildman–Crippen LogP) is 0.681. The predicted molar refractivity (Wildman–Crippen MR) is 53.4 cm³/mol. The van der Waals surface area contributed by atoms with Crippen molar-refractivity contribution in [2.45, 2.75) is 0 Å². The Hall–Kier alpha value is -1.27. The molecule has 0 aromatic heterocycles. The maximum absolute atomic E-state index is 10.7. The molecule has 0 heterocycles. The standard InChI is InChI=1S/C7H7ClN2O3S/c8-14(12,13)10-6-3-1-5(2-4-6)7(9)11/h1-4,10H,(H2,9,11). The molecule has 1 aromatic rings. The van der Waals surface area contributed by atoms with Crippen LogP contribution in [0.15, 0.2) is 24.3 Å². The number of nitrogens with one attached hydrogen (secondary N) is 1. The third-order valence-corrected chi connectivity index (χ3v) is 2.12. The van der Waals surface area contributed by atoms with Gasteiger partial charge in [0.15, 0.2) is 0 Å². The van der Waals surface area contributed by atoms with Crippen molar-refractivity contribution >= 4 is 31.5 Å². The average molecular weight is 235 g/mol. The van der Waals surface area contributed by atoms with Gasteiger partial charge in [-0.15, -0.1) is 0 Å². The lowest BCUT2D eigenvalue weighted by Gasteiger charge is -2.01. The van der Waals surface area contributed by atoms with Gasteiger partial charge in [0.2, 0.25) is 5.91 Å². The summed E-state index contributed by atoms with van der Waals surface area (Å²) in [6.45, 7) is 0. The highest BCUT2D eigenvalue weighted by molar-refractivity contribution is 8.14. The maximum Gasteiger partial charge on any atom is 0.319 e. The largest absolute Gasteiger partial charge is 0.366 e. The summed E-state index contributed by atoms with van der Waals surface area (Å²) in [7, 11) is 1.14. The number of primary amides is 1. The Morgan fingerprint density at radius 3 is 2.14 bits per heavy atom. The van der Waals surface area contributed by atoms with E-state index >= 15 is 0 Å². The van der Waals surface area contributed by atoms with E-state index in [4.69, 9.17) is 16.4 Å². The lowest BCUT2D eigenvalue weighted by atomic mass is 10.2. The zero-order valence-electron chi connectivity index (χ0n) is 6.90. The molecule has 1 amide bonds. The van der Waals surface area contributed by atoms with Crippen molar-refractivity contribution in [2.24, 2.45) is 5.73 Å². The van der Waals surface area contributed by atoms with Crippen LogP contribution in [0.3, 0.4) is 0 Å². The highest BCUT2D eigenvalue weighted by Gasteiger charge is 2.05. The van der Waals surface area contributed by atoms with Crippen molar-refractivity contribution in [3.05, 3.63) is 29.8 Å². The minimum Gasteiger partial charge on any atom is -0.366 e. The molecule has 0 radical (unpaired) electrons. The number of carbonyl (C=O) groups is 1. The number of nitrogens with two attached hydrogens (primary N) is 1. The molecular formula is C7H7ClN2O3S. The van der Waals surface area contributed by atoms with Crippen molar-refractivity contribution in [3.63, 3.8) is 0 Å². The van der Waals surface area contributed by atoms with Crippen LogP contribution in [0.5, 0.6) is 0 Å². The van der Waals surface area contributed by atoms with Gasteiger partial charge < -0.3 is 5.73 Å². The van der Waals surface area contributed by atoms with Gasteiger partial charge in [0.25, 0.3) is 0 Å². The molecule has 0 aliphatic heterocycles. The average Bonchev–Trinajstić information content (AvgIpc) is 2.02. The molecule has 14 heavy (non-hydrogen) atoms. The molecule has 1 rings (SSSR count). The highest BCUT2D eigenvalue weighted by Crippen LogP contribution is 2.12. The number of anilines is 1. The summed E-state index contributed by atoms with van der Waals surface area (Å²) in [4.78, 5) is 10.7. The Bertz CT molecular complexity index is 441. The second-order valence-corrected chi connectivity index (χ2v) is 4.78. The molecule has 3 N–H and O–H groups in total. The molecule has 0 saturated heterocycles. The zero-order valence-corrected chi connectivity index (χ0v) is 8.47. The smallest absolute Gasteiger partial charge is 0.319 e. The summed E-state index contributed by atoms with van der Waals surface area (Å²) in [5.74, 6) is -0.578. The van der Waals surface area contributed by atoms with Crippen molar-refractivity contribution in [2.75, 3.05) is 4.72 Å². The number of hydrogen-bond acceptors (Lipinski definition) is 3. The second kappa shape index (κ2) is 3.85. The second-order valence-electron chi connectivity index (χ2n) is 2.48. The van der Waals surface area contributed by atoms with Gasteiger partial charge in [-0.1, -0.05) is 0 Å². The van der Waals surface area contributed by atoms with Gasteiger partial charge in [0, 0.05) is 21.9 Å². The van der Waals surface area contributed by atoms with E-state index in [1.54, 1.807) is 0 Å². The van der Waals surface area contributed by atoms with Crippen molar-refractivity contribution < 1.29 is 13.2 Å². The normalized spacial score (nSPS) is 10.9. The highest BCUT2D eigenvalue weighted by atomic mass is 35.7. The third-order valence-electron chi connectivity index (χ3n) is 1.41. The summed E-state index contributed by atoms with van der Waals surface area (Å²) in [5, 5.41) is 0. The lowest BCUT2D eigenvalue weighted by Crippen LogP contribution is -2.11. The summed E-state index contributed by atoms with van der Waals surface area (Å²) in [6.07, 6.45) is 0. The van der Waals surface area contributed by atoms with Crippen LogP contribution in [-0.2, 0) is 9.24 Å². The van der Waals surface area contributed by atoms with E-state index in [0.29, 0.717) is 5.56 Å². The zero-order chi connectivity index (χ0) is 10.8. The van der Waals surface area contributed by atoms with E-state index in [2.05, 4.69) is 0 Å². The SMILES string of the molecule is NC(=O)c1ccc(NS(=O)(=O)Cl)cc1. The van der Waals surface area contributed by atoms with E-state index in [0.717, 1.165) is 0 Å². The molecule has 0 unspecified atom stereocenters. The fraction of sp³-hybridized carbons (Fsp3) is 0. The first-order valence-corrected chi connectivity index (χ1v) is 5.82. The Morgan fingerprint density at radius 2 is 1.79 bits per heavy atom. The minimum absolute atomic E-state index is 0.269. The van der Waals surface area contributed by atoms with Crippen molar-refractivity contribution in [3.8, 4) is 0 Å². The monoisotopic (exact) mass is 234 g/mol. The van der Waals surface area contributed by atoms with Crippen molar-refractivity contribution in [1.82, 2.24) is 0 Å². The summed E-state index contributed by atoms with van der Waals surface area (Å²) < 4.78 is 23.2. The maximum atomic E-state index is 10.7. The van der Waals surface area contributed by atoms with Gasteiger partial charge in [-0.05, 0) is 24.3 Å². The third kappa shape index (κ3) is 3.23. The molecule has 76 valence electrons. The molecule has 0 fully saturated rings. The minimum atomic E-state index is -3.80. The van der Waals surface area contributed by atoms with Gasteiger partial charge in [0.05, 0.1) is 0 Å². The Balaban J connectivity index is 2.90. The number of carbonyl (C=O) groups excluding carboxylic acids is 1. The van der Waals surface area contributed by atoms with Crippen LogP contribution in [0.4, 0.5) is 5.69 Å². The number of amides is 1. The van der Waals surface area contributed by atoms with Crippen LogP contribution in [0, 0.1) is 0 Å².